The fourth-order valence-electron chi connectivity index (χ4n) is 2.36. The van der Waals surface area contributed by atoms with Crippen molar-refractivity contribution in [3.05, 3.63) is 18.2 Å². The van der Waals surface area contributed by atoms with Gasteiger partial charge in [-0.05, 0) is 19.2 Å². The second-order valence-corrected chi connectivity index (χ2v) is 5.22. The average Bonchev–Trinajstić information content (AvgIpc) is 2.38. The first-order valence-corrected chi connectivity index (χ1v) is 6.68. The Morgan fingerprint density at radius 2 is 2.00 bits per heavy atom. The third-order valence-electron chi connectivity index (χ3n) is 3.42. The number of fused-ring (bicyclic) bond motifs is 1. The molecule has 0 aliphatic carbocycles. The molecule has 3 rings (SSSR count). The van der Waals surface area contributed by atoms with Crippen molar-refractivity contribution >= 4 is 17.3 Å². The molecule has 18 heavy (non-hydrogen) atoms. The number of para-hydroxylation sites is 1. The number of nitrogens with zero attached hydrogens (tertiary/aromatic N) is 2. The maximum absolute atomic E-state index is 5.93. The van der Waals surface area contributed by atoms with Crippen molar-refractivity contribution in [2.75, 3.05) is 44.7 Å². The third-order valence-corrected chi connectivity index (χ3v) is 3.63. The van der Waals surface area contributed by atoms with Crippen molar-refractivity contribution < 1.29 is 9.47 Å². The summed E-state index contributed by atoms with van der Waals surface area (Å²) >= 11 is 5.93. The highest BCUT2D eigenvalue weighted by Crippen LogP contribution is 2.41. The van der Waals surface area contributed by atoms with E-state index >= 15 is 0 Å². The third kappa shape index (κ3) is 2.22. The summed E-state index contributed by atoms with van der Waals surface area (Å²) < 4.78 is 11.3. The highest BCUT2D eigenvalue weighted by Gasteiger charge is 2.25. The second-order valence-electron chi connectivity index (χ2n) is 4.73. The number of anilines is 1. The summed E-state index contributed by atoms with van der Waals surface area (Å²) in [4.78, 5) is 4.68. The van der Waals surface area contributed by atoms with E-state index in [4.69, 9.17) is 21.1 Å². The van der Waals surface area contributed by atoms with Gasteiger partial charge in [0.1, 0.15) is 6.61 Å². The van der Waals surface area contributed by atoms with Gasteiger partial charge in [0.15, 0.2) is 11.5 Å². The molecule has 0 radical (unpaired) electrons. The van der Waals surface area contributed by atoms with Gasteiger partial charge in [-0.25, -0.2) is 0 Å². The van der Waals surface area contributed by atoms with Crippen LogP contribution >= 0.6 is 11.6 Å². The summed E-state index contributed by atoms with van der Waals surface area (Å²) in [5, 5.41) is 0. The Morgan fingerprint density at radius 1 is 1.22 bits per heavy atom. The average molecular weight is 269 g/mol. The zero-order valence-corrected chi connectivity index (χ0v) is 11.2. The minimum Gasteiger partial charge on any atom is -0.482 e. The van der Waals surface area contributed by atoms with E-state index in [1.807, 2.05) is 12.1 Å². The molecule has 0 amide bonds. The number of piperazine rings is 1. The van der Waals surface area contributed by atoms with Crippen LogP contribution in [0, 0.1) is 0 Å². The maximum Gasteiger partial charge on any atom is 0.206 e. The number of alkyl halides is 1. The van der Waals surface area contributed by atoms with E-state index in [1.165, 1.54) is 0 Å². The predicted octanol–water partition coefficient (Wildman–Crippen LogP) is 1.77. The van der Waals surface area contributed by atoms with Crippen molar-refractivity contribution in [3.8, 4) is 11.5 Å². The highest BCUT2D eigenvalue weighted by atomic mass is 35.5. The lowest BCUT2D eigenvalue weighted by Gasteiger charge is -2.36. The quantitative estimate of drug-likeness (QED) is 0.725. The first kappa shape index (κ1) is 11.9. The molecular formula is C13H17ClN2O2. The first-order valence-electron chi connectivity index (χ1n) is 6.24. The Kier molecular flexibility index (Phi) is 3.22. The van der Waals surface area contributed by atoms with Gasteiger partial charge in [0.2, 0.25) is 5.56 Å². The van der Waals surface area contributed by atoms with Gasteiger partial charge in [-0.1, -0.05) is 17.7 Å². The van der Waals surface area contributed by atoms with Crippen LogP contribution in [0.4, 0.5) is 5.69 Å². The summed E-state index contributed by atoms with van der Waals surface area (Å²) in [7, 11) is 2.15. The van der Waals surface area contributed by atoms with Crippen LogP contribution in [0.1, 0.15) is 0 Å². The fourth-order valence-corrected chi connectivity index (χ4v) is 2.52. The number of hydrogen-bond donors (Lipinski definition) is 0. The molecule has 1 aromatic carbocycles. The number of likely N-dealkylation sites (N-methyl/N-ethyl adjacent to an activating group) is 1. The smallest absolute Gasteiger partial charge is 0.206 e. The molecule has 0 aromatic heterocycles. The Morgan fingerprint density at radius 3 is 2.78 bits per heavy atom. The predicted molar refractivity (Wildman–Crippen MR) is 71.9 cm³/mol. The standard InChI is InChI=1S/C13H17ClN2O2/c1-15-5-7-16(8-6-15)10-3-2-4-11-13(10)17-9-12(14)18-11/h2-4,12H,5-9H2,1H3. The van der Waals surface area contributed by atoms with Crippen LogP contribution < -0.4 is 14.4 Å². The molecule has 1 fully saturated rings. The van der Waals surface area contributed by atoms with Crippen LogP contribution in [-0.4, -0.2) is 50.3 Å². The molecule has 1 aromatic rings. The van der Waals surface area contributed by atoms with E-state index < -0.39 is 0 Å². The molecule has 2 aliphatic heterocycles. The molecule has 4 nitrogen and oxygen atoms in total. The number of ether oxygens (including phenoxy) is 2. The first-order chi connectivity index (χ1) is 8.74. The van der Waals surface area contributed by atoms with Crippen molar-refractivity contribution in [3.63, 3.8) is 0 Å². The molecule has 1 saturated heterocycles. The Labute approximate surface area is 112 Å². The molecule has 0 spiro atoms. The lowest BCUT2D eigenvalue weighted by Crippen LogP contribution is -2.44. The molecule has 1 atom stereocenters. The van der Waals surface area contributed by atoms with Crippen LogP contribution in [0.25, 0.3) is 0 Å². The zero-order chi connectivity index (χ0) is 12.5. The maximum atomic E-state index is 5.93. The molecule has 98 valence electrons. The molecule has 2 heterocycles. The van der Waals surface area contributed by atoms with Gasteiger partial charge in [0.25, 0.3) is 0 Å². The van der Waals surface area contributed by atoms with Gasteiger partial charge in [-0.3, -0.25) is 0 Å². The fraction of sp³-hybridized carbons (Fsp3) is 0.538. The topological polar surface area (TPSA) is 24.9 Å². The Bertz CT molecular complexity index is 433. The van der Waals surface area contributed by atoms with E-state index in [1.54, 1.807) is 0 Å². The number of rotatable bonds is 1. The lowest BCUT2D eigenvalue weighted by molar-refractivity contribution is 0.144. The van der Waals surface area contributed by atoms with E-state index in [0.29, 0.717) is 6.61 Å². The van der Waals surface area contributed by atoms with E-state index in [9.17, 15) is 0 Å². The molecule has 0 saturated carbocycles. The second kappa shape index (κ2) is 4.86. The van der Waals surface area contributed by atoms with E-state index in [2.05, 4.69) is 22.9 Å². The largest absolute Gasteiger partial charge is 0.482 e. The molecule has 2 aliphatic rings. The zero-order valence-electron chi connectivity index (χ0n) is 10.4. The summed E-state index contributed by atoms with van der Waals surface area (Å²) in [5.41, 5.74) is 0.726. The van der Waals surface area contributed by atoms with Gasteiger partial charge in [-0.15, -0.1) is 0 Å². The van der Waals surface area contributed by atoms with E-state index in [-0.39, 0.29) is 5.56 Å². The highest BCUT2D eigenvalue weighted by molar-refractivity contribution is 6.20. The van der Waals surface area contributed by atoms with Gasteiger partial charge in [-0.2, -0.15) is 0 Å². The summed E-state index contributed by atoms with van der Waals surface area (Å²) in [6.07, 6.45) is 0. The lowest BCUT2D eigenvalue weighted by atomic mass is 10.2. The minimum atomic E-state index is -0.389. The summed E-state index contributed by atoms with van der Waals surface area (Å²) in [6, 6.07) is 5.98. The van der Waals surface area contributed by atoms with Gasteiger partial charge < -0.3 is 19.3 Å². The van der Waals surface area contributed by atoms with Crippen LogP contribution in [-0.2, 0) is 0 Å². The minimum absolute atomic E-state index is 0.389. The van der Waals surface area contributed by atoms with Crippen LogP contribution in [0.5, 0.6) is 11.5 Å². The molecule has 1 unspecified atom stereocenters. The van der Waals surface area contributed by atoms with Crippen LogP contribution in [0.3, 0.4) is 0 Å². The SMILES string of the molecule is CN1CCN(c2cccc3c2OCC(Cl)O3)CC1. The molecule has 0 N–H and O–H groups in total. The molecule has 0 bridgehead atoms. The van der Waals surface area contributed by atoms with Crippen LogP contribution in [0.2, 0.25) is 0 Å². The number of halogens is 1. The van der Waals surface area contributed by atoms with Crippen molar-refractivity contribution in [1.82, 2.24) is 4.90 Å². The molecule has 5 heteroatoms. The number of benzene rings is 1. The normalized spacial score (nSPS) is 24.1. The van der Waals surface area contributed by atoms with Crippen LogP contribution in [0.15, 0.2) is 18.2 Å². The van der Waals surface area contributed by atoms with Gasteiger partial charge in [0, 0.05) is 26.2 Å². The van der Waals surface area contributed by atoms with Gasteiger partial charge in [0.05, 0.1) is 5.69 Å². The molecular weight excluding hydrogens is 252 g/mol. The Hall–Kier alpha value is -1.13. The summed E-state index contributed by atoms with van der Waals surface area (Å²) in [6.45, 7) is 4.58. The van der Waals surface area contributed by atoms with E-state index in [0.717, 1.165) is 43.4 Å². The summed E-state index contributed by atoms with van der Waals surface area (Å²) in [5.74, 6) is 1.58. The van der Waals surface area contributed by atoms with Crippen molar-refractivity contribution in [1.29, 1.82) is 0 Å². The van der Waals surface area contributed by atoms with Crippen molar-refractivity contribution in [2.24, 2.45) is 0 Å². The van der Waals surface area contributed by atoms with Gasteiger partial charge >= 0.3 is 0 Å². The number of hydrogen-bond acceptors (Lipinski definition) is 4. The monoisotopic (exact) mass is 268 g/mol. The Balaban J connectivity index is 1.86. The van der Waals surface area contributed by atoms with Crippen molar-refractivity contribution in [2.45, 2.75) is 5.56 Å².